The molecule has 1 N–H and O–H groups in total. The van der Waals surface area contributed by atoms with Crippen LogP contribution in [-0.4, -0.2) is 50.0 Å². The summed E-state index contributed by atoms with van der Waals surface area (Å²) in [5.41, 5.74) is 1.63. The third-order valence-corrected chi connectivity index (χ3v) is 8.00. The van der Waals surface area contributed by atoms with Crippen molar-refractivity contribution in [2.24, 2.45) is 0 Å². The second-order valence-corrected chi connectivity index (χ2v) is 11.7. The molecule has 10 heteroatoms. The van der Waals surface area contributed by atoms with Crippen LogP contribution in [0, 0.1) is 6.92 Å². The van der Waals surface area contributed by atoms with Crippen molar-refractivity contribution < 1.29 is 18.0 Å². The van der Waals surface area contributed by atoms with Gasteiger partial charge in [0.15, 0.2) is 0 Å². The van der Waals surface area contributed by atoms with Crippen LogP contribution in [-0.2, 0) is 26.2 Å². The van der Waals surface area contributed by atoms with Gasteiger partial charge >= 0.3 is 0 Å². The molecule has 7 nitrogen and oxygen atoms in total. The van der Waals surface area contributed by atoms with Gasteiger partial charge in [-0.25, -0.2) is 8.42 Å². The smallest absolute Gasteiger partial charge is 0.244 e. The quantitative estimate of drug-likeness (QED) is 0.506. The second kappa shape index (κ2) is 11.6. The number of hydrogen-bond acceptors (Lipinski definition) is 4. The summed E-state index contributed by atoms with van der Waals surface area (Å²) < 4.78 is 26.4. The molecule has 3 rings (SSSR count). The normalized spacial score (nSPS) is 15.0. The summed E-state index contributed by atoms with van der Waals surface area (Å²) in [5, 5.41) is 3.95. The summed E-state index contributed by atoms with van der Waals surface area (Å²) in [5.74, 6) is -0.787. The summed E-state index contributed by atoms with van der Waals surface area (Å²) in [6.07, 6.45) is 4.99. The zero-order chi connectivity index (χ0) is 25.8. The van der Waals surface area contributed by atoms with E-state index in [1.54, 1.807) is 56.3 Å². The molecule has 0 heterocycles. The number of aryl methyl sites for hydroxylation is 1. The molecule has 2 aromatic rings. The molecule has 0 spiro atoms. The number of nitrogens with one attached hydrogen (secondary N) is 1. The van der Waals surface area contributed by atoms with E-state index >= 15 is 0 Å². The van der Waals surface area contributed by atoms with Crippen LogP contribution < -0.4 is 9.62 Å². The summed E-state index contributed by atoms with van der Waals surface area (Å²) in [7, 11) is -3.81. The fourth-order valence-corrected chi connectivity index (χ4v) is 5.61. The molecule has 0 bridgehead atoms. The van der Waals surface area contributed by atoms with Gasteiger partial charge in [-0.2, -0.15) is 0 Å². The maximum atomic E-state index is 13.6. The molecule has 1 aliphatic rings. The molecule has 2 aromatic carbocycles. The van der Waals surface area contributed by atoms with Gasteiger partial charge in [-0.3, -0.25) is 13.9 Å². The Morgan fingerprint density at radius 2 is 1.77 bits per heavy atom. The van der Waals surface area contributed by atoms with Crippen molar-refractivity contribution >= 4 is 50.7 Å². The van der Waals surface area contributed by atoms with Gasteiger partial charge in [-0.05, 0) is 62.1 Å². The molecule has 1 fully saturated rings. The van der Waals surface area contributed by atoms with Crippen LogP contribution in [0.5, 0.6) is 0 Å². The number of nitrogens with zero attached hydrogens (tertiary/aromatic N) is 2. The Labute approximate surface area is 217 Å². The van der Waals surface area contributed by atoms with Gasteiger partial charge in [0.25, 0.3) is 0 Å². The van der Waals surface area contributed by atoms with Crippen LogP contribution in [0.2, 0.25) is 10.0 Å². The molecule has 190 valence electrons. The Hall–Kier alpha value is -2.29. The van der Waals surface area contributed by atoms with Crippen molar-refractivity contribution in [2.45, 2.75) is 58.2 Å². The number of rotatable bonds is 9. The highest BCUT2D eigenvalue weighted by Crippen LogP contribution is 2.27. The number of hydrogen-bond donors (Lipinski definition) is 1. The molecule has 1 saturated carbocycles. The Bertz CT molecular complexity index is 1180. The minimum atomic E-state index is -3.81. The van der Waals surface area contributed by atoms with E-state index in [1.165, 1.54) is 4.90 Å². The van der Waals surface area contributed by atoms with Gasteiger partial charge in [0.05, 0.1) is 11.9 Å². The first-order chi connectivity index (χ1) is 16.5. The van der Waals surface area contributed by atoms with Crippen molar-refractivity contribution in [1.29, 1.82) is 0 Å². The molecule has 2 amide bonds. The van der Waals surface area contributed by atoms with E-state index in [2.05, 4.69) is 5.32 Å². The standard InChI is InChI=1S/C25H31Cl2N3O4S/c1-17-14-20(26)12-13-23(17)30(35(3,33)34)16-24(31)29(15-19-8-4-7-11-22(19)27)18(2)25(32)28-21-9-5-6-10-21/h4,7-8,11-14,18,21H,5-6,9-10,15-16H2,1-3H3,(H,28,32). The Morgan fingerprint density at radius 1 is 1.11 bits per heavy atom. The Kier molecular flexibility index (Phi) is 9.07. The molecule has 0 radical (unpaired) electrons. The van der Waals surface area contributed by atoms with Crippen LogP contribution in [0.25, 0.3) is 0 Å². The lowest BCUT2D eigenvalue weighted by molar-refractivity contribution is -0.139. The van der Waals surface area contributed by atoms with Crippen LogP contribution in [0.4, 0.5) is 5.69 Å². The van der Waals surface area contributed by atoms with Gasteiger partial charge in [0.2, 0.25) is 21.8 Å². The number of carbonyl (C=O) groups is 2. The minimum Gasteiger partial charge on any atom is -0.352 e. The lowest BCUT2D eigenvalue weighted by atomic mass is 10.1. The fraction of sp³-hybridized carbons (Fsp3) is 0.440. The lowest BCUT2D eigenvalue weighted by Crippen LogP contribution is -2.52. The number of amides is 2. The molecule has 0 aromatic heterocycles. The molecule has 0 saturated heterocycles. The molecule has 0 aliphatic heterocycles. The zero-order valence-electron chi connectivity index (χ0n) is 20.1. The predicted octanol–water partition coefficient (Wildman–Crippen LogP) is 4.54. The molecule has 1 atom stereocenters. The summed E-state index contributed by atoms with van der Waals surface area (Å²) in [4.78, 5) is 28.1. The number of halogens is 2. The first-order valence-electron chi connectivity index (χ1n) is 11.5. The van der Waals surface area contributed by atoms with Crippen molar-refractivity contribution in [3.05, 3.63) is 63.6 Å². The van der Waals surface area contributed by atoms with Crippen molar-refractivity contribution in [3.63, 3.8) is 0 Å². The maximum absolute atomic E-state index is 13.6. The monoisotopic (exact) mass is 539 g/mol. The SMILES string of the molecule is Cc1cc(Cl)ccc1N(CC(=O)N(Cc1ccccc1Cl)C(C)C(=O)NC1CCCC1)S(C)(=O)=O. The van der Waals surface area contributed by atoms with E-state index in [0.717, 1.165) is 36.2 Å². The topological polar surface area (TPSA) is 86.8 Å². The van der Waals surface area contributed by atoms with E-state index in [9.17, 15) is 18.0 Å². The lowest BCUT2D eigenvalue weighted by Gasteiger charge is -2.32. The van der Waals surface area contributed by atoms with Gasteiger partial charge in [0, 0.05) is 22.6 Å². The fourth-order valence-electron chi connectivity index (χ4n) is 4.28. The molecular weight excluding hydrogens is 509 g/mol. The molecule has 1 aliphatic carbocycles. The average Bonchev–Trinajstić information content (AvgIpc) is 3.29. The highest BCUT2D eigenvalue weighted by Gasteiger charge is 2.32. The summed E-state index contributed by atoms with van der Waals surface area (Å²) in [6.45, 7) is 2.97. The van der Waals surface area contributed by atoms with Gasteiger partial charge in [-0.1, -0.05) is 54.2 Å². The van der Waals surface area contributed by atoms with E-state index in [4.69, 9.17) is 23.2 Å². The van der Waals surface area contributed by atoms with E-state index in [0.29, 0.717) is 26.9 Å². The number of sulfonamides is 1. The molecule has 1 unspecified atom stereocenters. The van der Waals surface area contributed by atoms with Crippen molar-refractivity contribution in [1.82, 2.24) is 10.2 Å². The molecule has 35 heavy (non-hydrogen) atoms. The Morgan fingerprint density at radius 3 is 2.37 bits per heavy atom. The first-order valence-corrected chi connectivity index (χ1v) is 14.1. The minimum absolute atomic E-state index is 0.0644. The van der Waals surface area contributed by atoms with Crippen LogP contribution in [0.15, 0.2) is 42.5 Å². The van der Waals surface area contributed by atoms with Crippen molar-refractivity contribution in [2.75, 3.05) is 17.1 Å². The zero-order valence-corrected chi connectivity index (χ0v) is 22.5. The predicted molar refractivity (Wildman–Crippen MR) is 140 cm³/mol. The van der Waals surface area contributed by atoms with Crippen LogP contribution in [0.3, 0.4) is 0 Å². The van der Waals surface area contributed by atoms with Gasteiger partial charge in [0.1, 0.15) is 12.6 Å². The van der Waals surface area contributed by atoms with Crippen LogP contribution >= 0.6 is 23.2 Å². The maximum Gasteiger partial charge on any atom is 0.244 e. The third-order valence-electron chi connectivity index (χ3n) is 6.27. The van der Waals surface area contributed by atoms with E-state index < -0.39 is 28.5 Å². The Balaban J connectivity index is 1.91. The van der Waals surface area contributed by atoms with Gasteiger partial charge < -0.3 is 10.2 Å². The number of anilines is 1. The summed E-state index contributed by atoms with van der Waals surface area (Å²) >= 11 is 12.4. The number of benzene rings is 2. The van der Waals surface area contributed by atoms with Gasteiger partial charge in [-0.15, -0.1) is 0 Å². The largest absolute Gasteiger partial charge is 0.352 e. The van der Waals surface area contributed by atoms with Crippen LogP contribution in [0.1, 0.15) is 43.7 Å². The van der Waals surface area contributed by atoms with E-state index in [-0.39, 0.29) is 18.5 Å². The first kappa shape index (κ1) is 27.3. The summed E-state index contributed by atoms with van der Waals surface area (Å²) in [6, 6.07) is 11.1. The average molecular weight is 541 g/mol. The van der Waals surface area contributed by atoms with Crippen molar-refractivity contribution in [3.8, 4) is 0 Å². The highest BCUT2D eigenvalue weighted by atomic mass is 35.5. The third kappa shape index (κ3) is 7.12. The molecular formula is C25H31Cl2N3O4S. The van der Waals surface area contributed by atoms with E-state index in [1.807, 2.05) is 0 Å². The number of carbonyl (C=O) groups excluding carboxylic acids is 2. The highest BCUT2D eigenvalue weighted by molar-refractivity contribution is 7.92. The second-order valence-electron chi connectivity index (χ2n) is 8.98.